The predicted octanol–water partition coefficient (Wildman–Crippen LogP) is 1.58. The second kappa shape index (κ2) is 4.06. The Morgan fingerprint density at radius 1 is 1.44 bits per heavy atom. The van der Waals surface area contributed by atoms with Crippen molar-refractivity contribution >= 4 is 5.69 Å². The third kappa shape index (κ3) is 1.69. The van der Waals surface area contributed by atoms with E-state index in [4.69, 9.17) is 0 Å². The number of piperidine rings is 1. The van der Waals surface area contributed by atoms with E-state index in [1.165, 1.54) is 31.6 Å². The molecule has 3 rings (SSSR count). The van der Waals surface area contributed by atoms with Crippen molar-refractivity contribution < 1.29 is 0 Å². The summed E-state index contributed by atoms with van der Waals surface area (Å²) in [6.07, 6.45) is 4.64. The predicted molar refractivity (Wildman–Crippen MR) is 65.7 cm³/mol. The molecule has 0 amide bonds. The van der Waals surface area contributed by atoms with Gasteiger partial charge in [-0.2, -0.15) is 0 Å². The fraction of sp³-hybridized carbons (Fsp3) is 0.615. The molecule has 0 radical (unpaired) electrons. The molecule has 0 aliphatic carbocycles. The Morgan fingerprint density at radius 2 is 2.38 bits per heavy atom. The van der Waals surface area contributed by atoms with Gasteiger partial charge in [-0.05, 0) is 37.8 Å². The van der Waals surface area contributed by atoms with Crippen LogP contribution in [0.2, 0.25) is 0 Å². The summed E-state index contributed by atoms with van der Waals surface area (Å²) in [6, 6.07) is 5.06. The highest BCUT2D eigenvalue weighted by Gasteiger charge is 2.34. The lowest BCUT2D eigenvalue weighted by molar-refractivity contribution is 0.385. The molecule has 0 aromatic carbocycles. The molecule has 2 unspecified atom stereocenters. The number of anilines is 1. The molecule has 3 nitrogen and oxygen atoms in total. The number of hydrogen-bond donors (Lipinski definition) is 1. The highest BCUT2D eigenvalue weighted by Crippen LogP contribution is 2.30. The van der Waals surface area contributed by atoms with Crippen molar-refractivity contribution in [3.05, 3.63) is 24.0 Å². The zero-order chi connectivity index (χ0) is 11.0. The van der Waals surface area contributed by atoms with Crippen LogP contribution in [-0.2, 0) is 0 Å². The van der Waals surface area contributed by atoms with E-state index in [-0.39, 0.29) is 0 Å². The van der Waals surface area contributed by atoms with E-state index in [2.05, 4.69) is 34.3 Å². The average molecular weight is 217 g/mol. The first kappa shape index (κ1) is 10.1. The molecule has 86 valence electrons. The summed E-state index contributed by atoms with van der Waals surface area (Å²) in [6.45, 7) is 5.61. The third-order valence-corrected chi connectivity index (χ3v) is 3.89. The highest BCUT2D eigenvalue weighted by molar-refractivity contribution is 5.48. The minimum atomic E-state index is 0.704. The molecule has 0 spiro atoms. The number of nitrogens with zero attached hydrogens (tertiary/aromatic N) is 2. The summed E-state index contributed by atoms with van der Waals surface area (Å²) in [5.74, 6) is 0.849. The maximum absolute atomic E-state index is 4.28. The molecule has 16 heavy (non-hydrogen) atoms. The van der Waals surface area contributed by atoms with Crippen LogP contribution in [0, 0.1) is 12.8 Å². The first-order valence-electron chi connectivity index (χ1n) is 6.24. The largest absolute Gasteiger partial charge is 0.367 e. The summed E-state index contributed by atoms with van der Waals surface area (Å²) in [4.78, 5) is 6.85. The summed E-state index contributed by atoms with van der Waals surface area (Å²) < 4.78 is 0. The Labute approximate surface area is 96.9 Å². The van der Waals surface area contributed by atoms with Crippen LogP contribution in [0.4, 0.5) is 5.69 Å². The van der Waals surface area contributed by atoms with Gasteiger partial charge in [0.1, 0.15) is 0 Å². The zero-order valence-electron chi connectivity index (χ0n) is 9.82. The normalized spacial score (nSPS) is 29.2. The quantitative estimate of drug-likeness (QED) is 0.774. The molecule has 3 heterocycles. The van der Waals surface area contributed by atoms with Crippen molar-refractivity contribution in [3.63, 3.8) is 0 Å². The standard InChI is InChI=1S/C13H19N3/c1-10-7-12(4-5-15-10)16-6-2-3-11-8-14-9-13(11)16/h4-5,7,11,13-14H,2-3,6,8-9H2,1H3. The minimum absolute atomic E-state index is 0.704. The van der Waals surface area contributed by atoms with Crippen LogP contribution >= 0.6 is 0 Å². The topological polar surface area (TPSA) is 28.2 Å². The molecule has 0 bridgehead atoms. The molecule has 2 aliphatic rings. The number of aryl methyl sites for hydroxylation is 1. The van der Waals surface area contributed by atoms with E-state index >= 15 is 0 Å². The molecule has 2 atom stereocenters. The summed E-state index contributed by atoms with van der Waals surface area (Å²) >= 11 is 0. The summed E-state index contributed by atoms with van der Waals surface area (Å²) in [5.41, 5.74) is 2.47. The van der Waals surface area contributed by atoms with E-state index in [9.17, 15) is 0 Å². The molecule has 1 aromatic rings. The summed E-state index contributed by atoms with van der Waals surface area (Å²) in [7, 11) is 0. The SMILES string of the molecule is Cc1cc(N2CCCC3CNCC32)ccn1. The molecule has 3 heteroatoms. The second-order valence-electron chi connectivity index (χ2n) is 4.98. The van der Waals surface area contributed by atoms with E-state index in [1.54, 1.807) is 0 Å². The van der Waals surface area contributed by atoms with Crippen molar-refractivity contribution in [2.45, 2.75) is 25.8 Å². The van der Waals surface area contributed by atoms with Gasteiger partial charge < -0.3 is 10.2 Å². The van der Waals surface area contributed by atoms with Crippen molar-refractivity contribution in [3.8, 4) is 0 Å². The van der Waals surface area contributed by atoms with Gasteiger partial charge in [0, 0.05) is 43.3 Å². The van der Waals surface area contributed by atoms with Crippen molar-refractivity contribution in [2.75, 3.05) is 24.5 Å². The minimum Gasteiger partial charge on any atom is -0.367 e. The number of hydrogen-bond acceptors (Lipinski definition) is 3. The second-order valence-corrected chi connectivity index (χ2v) is 4.98. The maximum Gasteiger partial charge on any atom is 0.0454 e. The lowest BCUT2D eigenvalue weighted by Gasteiger charge is -2.38. The van der Waals surface area contributed by atoms with Gasteiger partial charge in [-0.3, -0.25) is 4.98 Å². The smallest absolute Gasteiger partial charge is 0.0454 e. The van der Waals surface area contributed by atoms with Crippen molar-refractivity contribution in [1.82, 2.24) is 10.3 Å². The number of fused-ring (bicyclic) bond motifs is 1. The Balaban J connectivity index is 1.88. The third-order valence-electron chi connectivity index (χ3n) is 3.89. The first-order chi connectivity index (χ1) is 7.84. The zero-order valence-corrected chi connectivity index (χ0v) is 9.82. The molecular weight excluding hydrogens is 198 g/mol. The molecule has 2 fully saturated rings. The lowest BCUT2D eigenvalue weighted by atomic mass is 9.91. The molecule has 1 aromatic heterocycles. The van der Waals surface area contributed by atoms with Gasteiger partial charge in [0.2, 0.25) is 0 Å². The Bertz CT molecular complexity index is 377. The van der Waals surface area contributed by atoms with Gasteiger partial charge in [0.25, 0.3) is 0 Å². The Morgan fingerprint density at radius 3 is 3.25 bits per heavy atom. The Kier molecular flexibility index (Phi) is 2.56. The van der Waals surface area contributed by atoms with Crippen molar-refractivity contribution in [2.24, 2.45) is 5.92 Å². The fourth-order valence-electron chi connectivity index (χ4n) is 3.10. The fourth-order valence-corrected chi connectivity index (χ4v) is 3.10. The van der Waals surface area contributed by atoms with Crippen LogP contribution in [0.25, 0.3) is 0 Å². The van der Waals surface area contributed by atoms with Crippen LogP contribution in [0.15, 0.2) is 18.3 Å². The monoisotopic (exact) mass is 217 g/mol. The van der Waals surface area contributed by atoms with Crippen molar-refractivity contribution in [1.29, 1.82) is 0 Å². The van der Waals surface area contributed by atoms with Gasteiger partial charge in [-0.1, -0.05) is 0 Å². The van der Waals surface area contributed by atoms with Gasteiger partial charge >= 0.3 is 0 Å². The van der Waals surface area contributed by atoms with Crippen LogP contribution in [-0.4, -0.2) is 30.7 Å². The van der Waals surface area contributed by atoms with Crippen LogP contribution < -0.4 is 10.2 Å². The van der Waals surface area contributed by atoms with E-state index in [1.807, 2.05) is 6.20 Å². The molecule has 1 N–H and O–H groups in total. The lowest BCUT2D eigenvalue weighted by Crippen LogP contribution is -2.45. The van der Waals surface area contributed by atoms with Gasteiger partial charge in [0.15, 0.2) is 0 Å². The maximum atomic E-state index is 4.28. The van der Waals surface area contributed by atoms with Crippen LogP contribution in [0.1, 0.15) is 18.5 Å². The van der Waals surface area contributed by atoms with Gasteiger partial charge in [-0.15, -0.1) is 0 Å². The molecule has 2 saturated heterocycles. The number of aromatic nitrogens is 1. The number of pyridine rings is 1. The average Bonchev–Trinajstić information content (AvgIpc) is 2.76. The van der Waals surface area contributed by atoms with Crippen LogP contribution in [0.5, 0.6) is 0 Å². The number of nitrogens with one attached hydrogen (secondary N) is 1. The van der Waals surface area contributed by atoms with Gasteiger partial charge in [0.05, 0.1) is 0 Å². The molecule has 2 aliphatic heterocycles. The highest BCUT2D eigenvalue weighted by atomic mass is 15.2. The Hall–Kier alpha value is -1.09. The molecular formula is C13H19N3. The summed E-state index contributed by atoms with van der Waals surface area (Å²) in [5, 5.41) is 3.52. The first-order valence-corrected chi connectivity index (χ1v) is 6.24. The number of rotatable bonds is 1. The van der Waals surface area contributed by atoms with Gasteiger partial charge in [-0.25, -0.2) is 0 Å². The molecule has 0 saturated carbocycles. The van der Waals surface area contributed by atoms with Crippen LogP contribution in [0.3, 0.4) is 0 Å². The van der Waals surface area contributed by atoms with E-state index in [0.29, 0.717) is 6.04 Å². The van der Waals surface area contributed by atoms with E-state index in [0.717, 1.165) is 18.2 Å². The van der Waals surface area contributed by atoms with E-state index < -0.39 is 0 Å².